The standard InChI is InChI=1S/C19H15N7O/c1-26-10-14(9-20-26)16-3-2-4-17-18(21-16)15(11-27-17)12-5-7-13(8-6-12)19-22-24-25-23-19/h3-11H,2H2,1H3,(H,22,23,24,25). The molecule has 1 aromatic carbocycles. The highest BCUT2D eigenvalue weighted by atomic mass is 16.3. The summed E-state index contributed by atoms with van der Waals surface area (Å²) in [5.74, 6) is 0.562. The van der Waals surface area contributed by atoms with E-state index in [4.69, 9.17) is 9.41 Å². The molecule has 1 aliphatic rings. The highest BCUT2D eigenvalue weighted by Gasteiger charge is 2.12. The minimum atomic E-state index is 0.562. The van der Waals surface area contributed by atoms with Gasteiger partial charge >= 0.3 is 0 Å². The Balaban J connectivity index is 1.59. The zero-order chi connectivity index (χ0) is 18.2. The van der Waals surface area contributed by atoms with Gasteiger partial charge in [-0.25, -0.2) is 4.99 Å². The number of fused-ring (bicyclic) bond motifs is 1. The number of allylic oxidation sites excluding steroid dienone is 1. The predicted molar refractivity (Wildman–Crippen MR) is 98.4 cm³/mol. The number of aryl methyl sites for hydroxylation is 1. The minimum absolute atomic E-state index is 0.562. The van der Waals surface area contributed by atoms with Crippen molar-refractivity contribution in [1.29, 1.82) is 0 Å². The third kappa shape index (κ3) is 2.77. The molecule has 0 aliphatic carbocycles. The van der Waals surface area contributed by atoms with E-state index in [0.717, 1.165) is 45.1 Å². The van der Waals surface area contributed by atoms with Crippen molar-refractivity contribution in [2.45, 2.75) is 6.42 Å². The van der Waals surface area contributed by atoms with Crippen molar-refractivity contribution in [2.75, 3.05) is 0 Å². The van der Waals surface area contributed by atoms with Crippen molar-refractivity contribution >= 4 is 11.8 Å². The van der Waals surface area contributed by atoms with E-state index in [1.54, 1.807) is 10.9 Å². The second-order valence-corrected chi connectivity index (χ2v) is 6.22. The van der Waals surface area contributed by atoms with Gasteiger partial charge in [-0.2, -0.15) is 10.3 Å². The summed E-state index contributed by atoms with van der Waals surface area (Å²) in [6.07, 6.45) is 10.4. The molecule has 0 fully saturated rings. The molecule has 4 heterocycles. The van der Waals surface area contributed by atoms with Crippen LogP contribution in [0.5, 0.6) is 0 Å². The number of aromatic nitrogens is 6. The molecular weight excluding hydrogens is 342 g/mol. The Morgan fingerprint density at radius 1 is 1.07 bits per heavy atom. The van der Waals surface area contributed by atoms with E-state index in [1.165, 1.54) is 0 Å². The lowest BCUT2D eigenvalue weighted by Gasteiger charge is -2.00. The molecule has 0 unspecified atom stereocenters. The number of hydrogen-bond acceptors (Lipinski definition) is 6. The third-order valence-electron chi connectivity index (χ3n) is 4.44. The first kappa shape index (κ1) is 15.4. The summed E-state index contributed by atoms with van der Waals surface area (Å²) >= 11 is 0. The fraction of sp³-hybridized carbons (Fsp3) is 0.105. The molecule has 1 N–H and O–H groups in total. The maximum atomic E-state index is 5.77. The Morgan fingerprint density at radius 3 is 2.67 bits per heavy atom. The molecule has 0 radical (unpaired) electrons. The number of nitrogens with one attached hydrogen (secondary N) is 1. The number of tetrazole rings is 1. The average Bonchev–Trinajstić information content (AvgIpc) is 3.41. The second-order valence-electron chi connectivity index (χ2n) is 6.22. The van der Waals surface area contributed by atoms with E-state index < -0.39 is 0 Å². The van der Waals surface area contributed by atoms with Crippen LogP contribution in [0.15, 0.2) is 58.4 Å². The molecule has 0 atom stereocenters. The quantitative estimate of drug-likeness (QED) is 0.602. The number of furan rings is 1. The van der Waals surface area contributed by atoms with E-state index in [1.807, 2.05) is 49.8 Å². The van der Waals surface area contributed by atoms with Gasteiger partial charge in [0.05, 0.1) is 11.9 Å². The van der Waals surface area contributed by atoms with Crippen LogP contribution in [0, 0.1) is 0 Å². The number of nitrogens with zero attached hydrogens (tertiary/aromatic N) is 6. The van der Waals surface area contributed by atoms with Crippen molar-refractivity contribution < 1.29 is 4.42 Å². The zero-order valence-corrected chi connectivity index (χ0v) is 14.5. The Hall–Kier alpha value is -3.81. The summed E-state index contributed by atoms with van der Waals surface area (Å²) in [6.45, 7) is 0. The molecule has 1 aliphatic heterocycles. The summed E-state index contributed by atoms with van der Waals surface area (Å²) in [7, 11) is 1.90. The van der Waals surface area contributed by atoms with Gasteiger partial charge in [-0.3, -0.25) is 4.68 Å². The Kier molecular flexibility index (Phi) is 3.53. The molecule has 27 heavy (non-hydrogen) atoms. The third-order valence-corrected chi connectivity index (χ3v) is 4.44. The van der Waals surface area contributed by atoms with Crippen LogP contribution in [-0.4, -0.2) is 30.4 Å². The highest BCUT2D eigenvalue weighted by molar-refractivity contribution is 5.70. The SMILES string of the molecule is Cn1cc(C2=CCC=c3occ(-c4ccc(-c5nn[nH]n5)cc4)c3=N2)cn1. The molecule has 0 saturated heterocycles. The van der Waals surface area contributed by atoms with Crippen LogP contribution in [0.25, 0.3) is 34.3 Å². The van der Waals surface area contributed by atoms with Crippen molar-refractivity contribution in [3.8, 4) is 22.5 Å². The van der Waals surface area contributed by atoms with Gasteiger partial charge in [0.25, 0.3) is 0 Å². The van der Waals surface area contributed by atoms with Gasteiger partial charge in [-0.15, -0.1) is 10.2 Å². The summed E-state index contributed by atoms with van der Waals surface area (Å²) in [5, 5.41) is 19.1. The van der Waals surface area contributed by atoms with E-state index in [-0.39, 0.29) is 0 Å². The van der Waals surface area contributed by atoms with Gasteiger partial charge in [0, 0.05) is 29.9 Å². The number of rotatable bonds is 3. The maximum Gasteiger partial charge on any atom is 0.204 e. The molecule has 132 valence electrons. The fourth-order valence-corrected chi connectivity index (χ4v) is 3.09. The lowest BCUT2D eigenvalue weighted by Crippen LogP contribution is -2.21. The van der Waals surface area contributed by atoms with E-state index in [9.17, 15) is 0 Å². The van der Waals surface area contributed by atoms with Crippen LogP contribution in [0.3, 0.4) is 0 Å². The number of hydrogen-bond donors (Lipinski definition) is 1. The van der Waals surface area contributed by atoms with Gasteiger partial charge in [0.15, 0.2) is 0 Å². The second kappa shape index (κ2) is 6.17. The van der Waals surface area contributed by atoms with Crippen LogP contribution in [0.4, 0.5) is 0 Å². The molecule has 8 nitrogen and oxygen atoms in total. The summed E-state index contributed by atoms with van der Waals surface area (Å²) in [4.78, 5) is 4.87. The van der Waals surface area contributed by atoms with E-state index in [2.05, 4.69) is 31.8 Å². The molecule has 3 aromatic heterocycles. The van der Waals surface area contributed by atoms with Gasteiger partial charge in [-0.1, -0.05) is 30.3 Å². The van der Waals surface area contributed by atoms with E-state index in [0.29, 0.717) is 5.82 Å². The van der Waals surface area contributed by atoms with Crippen LogP contribution in [-0.2, 0) is 7.05 Å². The fourth-order valence-electron chi connectivity index (χ4n) is 3.09. The smallest absolute Gasteiger partial charge is 0.204 e. The maximum absolute atomic E-state index is 5.77. The van der Waals surface area contributed by atoms with Crippen LogP contribution < -0.4 is 10.8 Å². The Labute approximate surface area is 153 Å². The topological polar surface area (TPSA) is 97.8 Å². The van der Waals surface area contributed by atoms with E-state index >= 15 is 0 Å². The number of aromatic amines is 1. The normalized spacial score (nSPS) is 13.3. The minimum Gasteiger partial charge on any atom is -0.462 e. The highest BCUT2D eigenvalue weighted by Crippen LogP contribution is 2.22. The van der Waals surface area contributed by atoms with Crippen molar-refractivity contribution in [3.63, 3.8) is 0 Å². The molecule has 4 aromatic rings. The van der Waals surface area contributed by atoms with Gasteiger partial charge in [-0.05, 0) is 23.3 Å². The van der Waals surface area contributed by atoms with Gasteiger partial charge in [0.2, 0.25) is 5.82 Å². The number of benzene rings is 1. The summed E-state index contributed by atoms with van der Waals surface area (Å²) in [6, 6.07) is 7.92. The lowest BCUT2D eigenvalue weighted by molar-refractivity contribution is 0.529. The first-order chi connectivity index (χ1) is 13.3. The molecule has 8 heteroatoms. The van der Waals surface area contributed by atoms with Crippen molar-refractivity contribution in [2.24, 2.45) is 12.0 Å². The van der Waals surface area contributed by atoms with Crippen LogP contribution in [0.1, 0.15) is 12.0 Å². The van der Waals surface area contributed by atoms with Crippen molar-refractivity contribution in [1.82, 2.24) is 30.4 Å². The number of H-pyrrole nitrogens is 1. The molecule has 0 saturated carbocycles. The summed E-state index contributed by atoms with van der Waals surface area (Å²) < 4.78 is 7.54. The molecular formula is C19H15N7O. The molecule has 5 rings (SSSR count). The largest absolute Gasteiger partial charge is 0.462 e. The van der Waals surface area contributed by atoms with Crippen LogP contribution >= 0.6 is 0 Å². The molecule has 0 spiro atoms. The Morgan fingerprint density at radius 2 is 1.93 bits per heavy atom. The summed E-state index contributed by atoms with van der Waals surface area (Å²) in [5.41, 5.74) is 5.50. The Bertz CT molecular complexity index is 1240. The zero-order valence-electron chi connectivity index (χ0n) is 14.5. The van der Waals surface area contributed by atoms with Gasteiger partial charge < -0.3 is 4.42 Å². The first-order valence-electron chi connectivity index (χ1n) is 8.48. The van der Waals surface area contributed by atoms with Gasteiger partial charge in [0.1, 0.15) is 17.0 Å². The first-order valence-corrected chi connectivity index (χ1v) is 8.48. The van der Waals surface area contributed by atoms with Crippen LogP contribution in [0.2, 0.25) is 0 Å². The predicted octanol–water partition coefficient (Wildman–Crippen LogP) is 1.71. The van der Waals surface area contributed by atoms with Crippen molar-refractivity contribution in [3.05, 3.63) is 65.3 Å². The molecule has 0 bridgehead atoms. The molecule has 0 amide bonds. The lowest BCUT2D eigenvalue weighted by atomic mass is 10.1. The monoisotopic (exact) mass is 357 g/mol. The average molecular weight is 357 g/mol.